The Bertz CT molecular complexity index is 505. The average molecular weight is 295 g/mol. The Morgan fingerprint density at radius 3 is 2.67 bits per heavy atom. The molecular weight excluding hydrogens is 274 g/mol. The van der Waals surface area contributed by atoms with Crippen LogP contribution in [0.2, 0.25) is 0 Å². The zero-order valence-corrected chi connectivity index (χ0v) is 12.3. The van der Waals surface area contributed by atoms with Crippen molar-refractivity contribution < 1.29 is 14.8 Å². The summed E-state index contributed by atoms with van der Waals surface area (Å²) in [5, 5.41) is 22.9. The van der Waals surface area contributed by atoms with Crippen molar-refractivity contribution in [2.24, 2.45) is 0 Å². The molecule has 0 bridgehead atoms. The third-order valence-electron chi connectivity index (χ3n) is 3.04. The highest BCUT2D eigenvalue weighted by Crippen LogP contribution is 2.26. The van der Waals surface area contributed by atoms with Crippen molar-refractivity contribution >= 4 is 17.3 Å². The normalized spacial score (nSPS) is 10.2. The van der Waals surface area contributed by atoms with E-state index < -0.39 is 4.92 Å². The van der Waals surface area contributed by atoms with E-state index in [0.717, 1.165) is 6.42 Å². The first-order valence-corrected chi connectivity index (χ1v) is 6.97. The highest BCUT2D eigenvalue weighted by Gasteiger charge is 2.19. The van der Waals surface area contributed by atoms with Crippen molar-refractivity contribution in [2.45, 2.75) is 20.3 Å². The van der Waals surface area contributed by atoms with Gasteiger partial charge in [-0.05, 0) is 25.5 Å². The molecule has 116 valence electrons. The van der Waals surface area contributed by atoms with Gasteiger partial charge in [0, 0.05) is 31.3 Å². The van der Waals surface area contributed by atoms with Gasteiger partial charge >= 0.3 is 0 Å². The molecule has 0 fully saturated rings. The van der Waals surface area contributed by atoms with Crippen LogP contribution in [0.15, 0.2) is 18.2 Å². The van der Waals surface area contributed by atoms with Crippen molar-refractivity contribution in [2.75, 3.05) is 31.6 Å². The van der Waals surface area contributed by atoms with Crippen LogP contribution in [0.5, 0.6) is 0 Å². The third-order valence-corrected chi connectivity index (χ3v) is 3.04. The number of aliphatic hydroxyl groups excluding tert-OH is 1. The van der Waals surface area contributed by atoms with Crippen molar-refractivity contribution in [3.8, 4) is 0 Å². The number of anilines is 1. The van der Waals surface area contributed by atoms with Crippen LogP contribution in [0.3, 0.4) is 0 Å². The second-order valence-corrected chi connectivity index (χ2v) is 4.52. The van der Waals surface area contributed by atoms with E-state index in [9.17, 15) is 14.9 Å². The number of benzene rings is 1. The van der Waals surface area contributed by atoms with Gasteiger partial charge in [0.15, 0.2) is 0 Å². The number of nitrogens with zero attached hydrogens (tertiary/aromatic N) is 2. The smallest absolute Gasteiger partial charge is 0.292 e. The number of nitro benzene ring substituents is 1. The van der Waals surface area contributed by atoms with E-state index in [4.69, 9.17) is 5.11 Å². The molecule has 0 heterocycles. The molecule has 0 saturated carbocycles. The molecule has 2 N–H and O–H groups in total. The number of nitro groups is 1. The number of carbonyl (C=O) groups is 1. The number of rotatable bonds is 8. The predicted molar refractivity (Wildman–Crippen MR) is 80.5 cm³/mol. The second-order valence-electron chi connectivity index (χ2n) is 4.52. The standard InChI is InChI=1S/C14H21N3O4/c1-3-7-15-12-10-11(5-6-13(12)17(20)21)14(19)16(4-2)8-9-18/h5-6,10,15,18H,3-4,7-9H2,1-2H3. The van der Waals surface area contributed by atoms with E-state index in [0.29, 0.717) is 24.3 Å². The summed E-state index contributed by atoms with van der Waals surface area (Å²) in [7, 11) is 0. The van der Waals surface area contributed by atoms with Crippen LogP contribution in [0.25, 0.3) is 0 Å². The molecule has 0 atom stereocenters. The molecule has 21 heavy (non-hydrogen) atoms. The Hall–Kier alpha value is -2.15. The lowest BCUT2D eigenvalue weighted by Gasteiger charge is -2.20. The fraction of sp³-hybridized carbons (Fsp3) is 0.500. The summed E-state index contributed by atoms with van der Waals surface area (Å²) in [4.78, 5) is 24.3. The first-order chi connectivity index (χ1) is 10.0. The third kappa shape index (κ3) is 4.42. The molecule has 7 nitrogen and oxygen atoms in total. The zero-order chi connectivity index (χ0) is 15.8. The Morgan fingerprint density at radius 1 is 1.43 bits per heavy atom. The first-order valence-electron chi connectivity index (χ1n) is 6.97. The summed E-state index contributed by atoms with van der Waals surface area (Å²) in [5.41, 5.74) is 0.660. The van der Waals surface area contributed by atoms with Crippen molar-refractivity contribution in [1.82, 2.24) is 4.90 Å². The van der Waals surface area contributed by atoms with Gasteiger partial charge in [0.05, 0.1) is 11.5 Å². The molecule has 0 spiro atoms. The summed E-state index contributed by atoms with van der Waals surface area (Å²) in [6.45, 7) is 4.95. The predicted octanol–water partition coefficient (Wildman–Crippen LogP) is 1.87. The van der Waals surface area contributed by atoms with Crippen LogP contribution >= 0.6 is 0 Å². The molecule has 0 unspecified atom stereocenters. The average Bonchev–Trinajstić information content (AvgIpc) is 2.49. The van der Waals surface area contributed by atoms with Crippen molar-refractivity contribution in [3.05, 3.63) is 33.9 Å². The number of carbonyl (C=O) groups excluding carboxylic acids is 1. The Kier molecular flexibility index (Phi) is 6.61. The minimum atomic E-state index is -0.475. The number of hydrogen-bond acceptors (Lipinski definition) is 5. The SMILES string of the molecule is CCCNc1cc(C(=O)N(CC)CCO)ccc1[N+](=O)[O-]. The number of likely N-dealkylation sites (N-methyl/N-ethyl adjacent to an activating group) is 1. The van der Waals surface area contributed by atoms with E-state index in [1.54, 1.807) is 0 Å². The summed E-state index contributed by atoms with van der Waals surface area (Å²) < 4.78 is 0. The van der Waals surface area contributed by atoms with Gasteiger partial charge in [-0.3, -0.25) is 14.9 Å². The van der Waals surface area contributed by atoms with E-state index in [1.807, 2.05) is 13.8 Å². The fourth-order valence-corrected chi connectivity index (χ4v) is 1.94. The molecule has 0 aliphatic carbocycles. The van der Waals surface area contributed by atoms with Crippen molar-refractivity contribution in [3.63, 3.8) is 0 Å². The lowest BCUT2D eigenvalue weighted by molar-refractivity contribution is -0.384. The van der Waals surface area contributed by atoms with Crippen LogP contribution in [0, 0.1) is 10.1 Å². The maximum absolute atomic E-state index is 12.3. The molecular formula is C14H21N3O4. The molecule has 0 radical (unpaired) electrons. The summed E-state index contributed by atoms with van der Waals surface area (Å²) in [6.07, 6.45) is 0.820. The lowest BCUT2D eigenvalue weighted by Crippen LogP contribution is -2.33. The van der Waals surface area contributed by atoms with Crippen LogP contribution in [0.4, 0.5) is 11.4 Å². The van der Waals surface area contributed by atoms with Crippen LogP contribution in [-0.2, 0) is 0 Å². The van der Waals surface area contributed by atoms with Gasteiger partial charge in [-0.15, -0.1) is 0 Å². The molecule has 1 amide bonds. The number of nitrogens with one attached hydrogen (secondary N) is 1. The van der Waals surface area contributed by atoms with Crippen molar-refractivity contribution in [1.29, 1.82) is 0 Å². The van der Waals surface area contributed by atoms with Gasteiger partial charge in [0.1, 0.15) is 5.69 Å². The maximum Gasteiger partial charge on any atom is 0.292 e. The fourth-order valence-electron chi connectivity index (χ4n) is 1.94. The minimum absolute atomic E-state index is 0.0507. The quantitative estimate of drug-likeness (QED) is 0.564. The van der Waals surface area contributed by atoms with Gasteiger partial charge in [0.25, 0.3) is 11.6 Å². The molecule has 1 aromatic rings. The van der Waals surface area contributed by atoms with E-state index in [1.165, 1.54) is 23.1 Å². The maximum atomic E-state index is 12.3. The van der Waals surface area contributed by atoms with E-state index in [-0.39, 0.29) is 24.7 Å². The molecule has 0 aliphatic rings. The van der Waals surface area contributed by atoms with E-state index >= 15 is 0 Å². The summed E-state index contributed by atoms with van der Waals surface area (Å²) in [6, 6.07) is 4.27. The lowest BCUT2D eigenvalue weighted by atomic mass is 10.1. The monoisotopic (exact) mass is 295 g/mol. The van der Waals surface area contributed by atoms with Crippen LogP contribution < -0.4 is 5.32 Å². The van der Waals surface area contributed by atoms with Gasteiger partial charge in [-0.2, -0.15) is 0 Å². The number of hydrogen-bond donors (Lipinski definition) is 2. The Morgan fingerprint density at radius 2 is 2.14 bits per heavy atom. The summed E-state index contributed by atoms with van der Waals surface area (Å²) in [5.74, 6) is -0.249. The van der Waals surface area contributed by atoms with Gasteiger partial charge in [-0.25, -0.2) is 0 Å². The highest BCUT2D eigenvalue weighted by molar-refractivity contribution is 5.96. The molecule has 0 aliphatic heterocycles. The molecule has 1 aromatic carbocycles. The molecule has 1 rings (SSSR count). The summed E-state index contributed by atoms with van der Waals surface area (Å²) >= 11 is 0. The Labute approximate surface area is 123 Å². The molecule has 7 heteroatoms. The number of aliphatic hydroxyl groups is 1. The van der Waals surface area contributed by atoms with Gasteiger partial charge in [-0.1, -0.05) is 6.92 Å². The van der Waals surface area contributed by atoms with Gasteiger partial charge in [0.2, 0.25) is 0 Å². The molecule has 0 saturated heterocycles. The zero-order valence-electron chi connectivity index (χ0n) is 12.3. The number of amides is 1. The highest BCUT2D eigenvalue weighted by atomic mass is 16.6. The topological polar surface area (TPSA) is 95.7 Å². The van der Waals surface area contributed by atoms with Gasteiger partial charge < -0.3 is 15.3 Å². The van der Waals surface area contributed by atoms with Crippen LogP contribution in [0.1, 0.15) is 30.6 Å². The minimum Gasteiger partial charge on any atom is -0.395 e. The molecule has 0 aromatic heterocycles. The Balaban J connectivity index is 3.08. The first kappa shape index (κ1) is 16.9. The van der Waals surface area contributed by atoms with E-state index in [2.05, 4.69) is 5.32 Å². The largest absolute Gasteiger partial charge is 0.395 e. The second kappa shape index (κ2) is 8.21. The van der Waals surface area contributed by atoms with Crippen LogP contribution in [-0.4, -0.2) is 47.1 Å².